The number of rotatable bonds is 3. The first-order chi connectivity index (χ1) is 12.2. The van der Waals surface area contributed by atoms with Crippen LogP contribution in [0.15, 0.2) is 85.7 Å². The number of halogens is 1. The molecule has 0 saturated heterocycles. The lowest BCUT2D eigenvalue weighted by atomic mass is 10.2. The molecule has 4 rings (SSSR count). The van der Waals surface area contributed by atoms with Crippen molar-refractivity contribution in [2.45, 2.75) is 0 Å². The van der Waals surface area contributed by atoms with Crippen LogP contribution < -0.4 is 5.56 Å². The minimum atomic E-state index is -0.245. The summed E-state index contributed by atoms with van der Waals surface area (Å²) in [7, 11) is 0. The lowest BCUT2D eigenvalue weighted by Gasteiger charge is -2.07. The zero-order valence-corrected chi connectivity index (χ0v) is 14.6. The molecule has 0 amide bonds. The van der Waals surface area contributed by atoms with Crippen LogP contribution in [0, 0.1) is 0 Å². The van der Waals surface area contributed by atoms with Gasteiger partial charge in [-0.1, -0.05) is 40.2 Å². The number of aromatic nitrogens is 2. The second kappa shape index (κ2) is 6.49. The first-order valence-electron chi connectivity index (χ1n) is 7.58. The molecular weight excluding hydrogens is 382 g/mol. The van der Waals surface area contributed by atoms with Gasteiger partial charge in [0.15, 0.2) is 5.76 Å². The largest absolute Gasteiger partial charge is 0.461 e. The van der Waals surface area contributed by atoms with Crippen molar-refractivity contribution in [3.63, 3.8) is 0 Å². The van der Waals surface area contributed by atoms with E-state index in [0.717, 1.165) is 10.0 Å². The van der Waals surface area contributed by atoms with Crippen LogP contribution in [0.25, 0.3) is 22.5 Å². The third kappa shape index (κ3) is 3.04. The molecule has 0 aliphatic carbocycles. The molecule has 0 radical (unpaired) electrons. The molecule has 0 aliphatic rings. The summed E-state index contributed by atoms with van der Waals surface area (Å²) in [6.07, 6.45) is 3.16. The van der Waals surface area contributed by atoms with Gasteiger partial charge in [-0.2, -0.15) is 9.78 Å². The Hall–Kier alpha value is -2.99. The minimum Gasteiger partial charge on any atom is -0.461 e. The van der Waals surface area contributed by atoms with Gasteiger partial charge >= 0.3 is 0 Å². The van der Waals surface area contributed by atoms with Crippen molar-refractivity contribution < 1.29 is 4.42 Å². The van der Waals surface area contributed by atoms with Gasteiger partial charge in [-0.15, -0.1) is 0 Å². The third-order valence-corrected chi connectivity index (χ3v) is 4.22. The monoisotopic (exact) mass is 393 g/mol. The molecule has 4 aromatic rings. The Morgan fingerprint density at radius 2 is 1.84 bits per heavy atom. The van der Waals surface area contributed by atoms with Gasteiger partial charge in [0.05, 0.1) is 23.4 Å². The van der Waals surface area contributed by atoms with Gasteiger partial charge in [-0.3, -0.25) is 4.79 Å². The number of benzene rings is 2. The molecule has 0 spiro atoms. The lowest BCUT2D eigenvalue weighted by molar-refractivity contribution is 0.571. The molecule has 0 saturated carbocycles. The van der Waals surface area contributed by atoms with Gasteiger partial charge in [0, 0.05) is 4.47 Å². The first-order valence-corrected chi connectivity index (χ1v) is 8.37. The third-order valence-electron chi connectivity index (χ3n) is 3.69. The standard InChI is InChI=1S/C19H12BrN3O2/c20-14-9-7-13(8-10-14)12-21-23-18(17-6-3-11-25-17)22-16-5-2-1-4-15(16)19(23)24/h1-12H/b21-12+. The highest BCUT2D eigenvalue weighted by Gasteiger charge is 2.14. The molecule has 122 valence electrons. The van der Waals surface area contributed by atoms with E-state index in [1.807, 2.05) is 30.3 Å². The summed E-state index contributed by atoms with van der Waals surface area (Å²) in [5, 5.41) is 4.86. The van der Waals surface area contributed by atoms with E-state index in [2.05, 4.69) is 26.0 Å². The van der Waals surface area contributed by atoms with E-state index in [9.17, 15) is 4.79 Å². The van der Waals surface area contributed by atoms with E-state index in [0.29, 0.717) is 22.5 Å². The quantitative estimate of drug-likeness (QED) is 0.487. The Morgan fingerprint density at radius 1 is 1.04 bits per heavy atom. The van der Waals surface area contributed by atoms with Gasteiger partial charge in [0.2, 0.25) is 5.82 Å². The van der Waals surface area contributed by atoms with Crippen LogP contribution in [0.5, 0.6) is 0 Å². The smallest absolute Gasteiger partial charge is 0.282 e. The summed E-state index contributed by atoms with van der Waals surface area (Å²) < 4.78 is 7.67. The highest BCUT2D eigenvalue weighted by atomic mass is 79.9. The van der Waals surface area contributed by atoms with E-state index in [1.165, 1.54) is 4.68 Å². The maximum Gasteiger partial charge on any atom is 0.282 e. The van der Waals surface area contributed by atoms with Gasteiger partial charge < -0.3 is 4.42 Å². The first kappa shape index (κ1) is 15.5. The molecule has 2 aromatic heterocycles. The molecule has 2 aromatic carbocycles. The number of nitrogens with zero attached hydrogens (tertiary/aromatic N) is 3. The van der Waals surface area contributed by atoms with E-state index >= 15 is 0 Å². The van der Waals surface area contributed by atoms with Crippen molar-refractivity contribution in [3.05, 3.63) is 87.3 Å². The topological polar surface area (TPSA) is 60.4 Å². The SMILES string of the molecule is O=c1c2ccccc2nc(-c2ccco2)n1/N=C/c1ccc(Br)cc1. The van der Waals surface area contributed by atoms with Crippen molar-refractivity contribution >= 4 is 33.0 Å². The van der Waals surface area contributed by atoms with Crippen LogP contribution in [-0.2, 0) is 0 Å². The fourth-order valence-electron chi connectivity index (χ4n) is 2.47. The Labute approximate surface area is 151 Å². The van der Waals surface area contributed by atoms with Gasteiger partial charge in [-0.05, 0) is 42.0 Å². The zero-order valence-electron chi connectivity index (χ0n) is 13.0. The summed E-state index contributed by atoms with van der Waals surface area (Å²) in [5.74, 6) is 0.845. The van der Waals surface area contributed by atoms with Gasteiger partial charge in [-0.25, -0.2) is 4.98 Å². The highest BCUT2D eigenvalue weighted by molar-refractivity contribution is 9.10. The van der Waals surface area contributed by atoms with Crippen molar-refractivity contribution in [1.82, 2.24) is 9.66 Å². The zero-order chi connectivity index (χ0) is 17.2. The fraction of sp³-hybridized carbons (Fsp3) is 0. The van der Waals surface area contributed by atoms with Crippen LogP contribution in [0.3, 0.4) is 0 Å². The molecule has 0 bridgehead atoms. The summed E-state index contributed by atoms with van der Waals surface area (Å²) in [6.45, 7) is 0. The second-order valence-corrected chi connectivity index (χ2v) is 6.26. The molecule has 5 nitrogen and oxygen atoms in total. The number of furan rings is 1. The lowest BCUT2D eigenvalue weighted by Crippen LogP contribution is -2.20. The van der Waals surface area contributed by atoms with E-state index < -0.39 is 0 Å². The average molecular weight is 394 g/mol. The maximum absolute atomic E-state index is 12.9. The summed E-state index contributed by atoms with van der Waals surface area (Å²) in [4.78, 5) is 17.4. The van der Waals surface area contributed by atoms with Crippen LogP contribution in [0.2, 0.25) is 0 Å². The van der Waals surface area contributed by atoms with Crippen molar-refractivity contribution in [1.29, 1.82) is 0 Å². The number of para-hydroxylation sites is 1. The average Bonchev–Trinajstić information content (AvgIpc) is 3.17. The Morgan fingerprint density at radius 3 is 2.60 bits per heavy atom. The fourth-order valence-corrected chi connectivity index (χ4v) is 2.73. The van der Waals surface area contributed by atoms with E-state index in [1.54, 1.807) is 42.8 Å². The summed E-state index contributed by atoms with van der Waals surface area (Å²) in [6, 6.07) is 18.3. The van der Waals surface area contributed by atoms with Crippen LogP contribution in [-0.4, -0.2) is 15.9 Å². The molecule has 0 unspecified atom stereocenters. The number of hydrogen-bond donors (Lipinski definition) is 0. The van der Waals surface area contributed by atoms with Crippen LogP contribution in [0.1, 0.15) is 5.56 Å². The predicted molar refractivity (Wildman–Crippen MR) is 101 cm³/mol. The molecular formula is C19H12BrN3O2. The second-order valence-electron chi connectivity index (χ2n) is 5.34. The van der Waals surface area contributed by atoms with E-state index in [4.69, 9.17) is 4.42 Å². The predicted octanol–water partition coefficient (Wildman–Crippen LogP) is 4.30. The molecule has 25 heavy (non-hydrogen) atoms. The van der Waals surface area contributed by atoms with Gasteiger partial charge in [0.25, 0.3) is 5.56 Å². The Balaban J connectivity index is 1.91. The summed E-state index contributed by atoms with van der Waals surface area (Å²) in [5.41, 5.74) is 1.23. The maximum atomic E-state index is 12.9. The van der Waals surface area contributed by atoms with Gasteiger partial charge in [0.1, 0.15) is 0 Å². The molecule has 0 fully saturated rings. The molecule has 0 atom stereocenters. The Bertz CT molecular complexity index is 1110. The normalized spacial score (nSPS) is 11.4. The number of fused-ring (bicyclic) bond motifs is 1. The number of hydrogen-bond acceptors (Lipinski definition) is 4. The highest BCUT2D eigenvalue weighted by Crippen LogP contribution is 2.19. The Kier molecular flexibility index (Phi) is 4.03. The minimum absolute atomic E-state index is 0.245. The van der Waals surface area contributed by atoms with Crippen LogP contribution >= 0.6 is 15.9 Å². The molecule has 6 heteroatoms. The van der Waals surface area contributed by atoms with E-state index in [-0.39, 0.29) is 5.56 Å². The molecule has 0 N–H and O–H groups in total. The molecule has 2 heterocycles. The van der Waals surface area contributed by atoms with Crippen LogP contribution in [0.4, 0.5) is 0 Å². The van der Waals surface area contributed by atoms with Crippen molar-refractivity contribution in [2.24, 2.45) is 5.10 Å². The van der Waals surface area contributed by atoms with Crippen molar-refractivity contribution in [2.75, 3.05) is 0 Å². The van der Waals surface area contributed by atoms with Crippen molar-refractivity contribution in [3.8, 4) is 11.6 Å². The molecule has 0 aliphatic heterocycles. The summed E-state index contributed by atoms with van der Waals surface area (Å²) >= 11 is 3.40.